The fraction of sp³-hybridized carbons (Fsp3) is 0. The van der Waals surface area contributed by atoms with E-state index >= 15 is 0 Å². The van der Waals surface area contributed by atoms with E-state index in [4.69, 9.17) is 5.14 Å². The van der Waals surface area contributed by atoms with E-state index in [2.05, 4.69) is 21.2 Å². The lowest BCUT2D eigenvalue weighted by Crippen LogP contribution is -2.13. The van der Waals surface area contributed by atoms with Crippen molar-refractivity contribution in [1.82, 2.24) is 0 Å². The van der Waals surface area contributed by atoms with Crippen molar-refractivity contribution in [2.24, 2.45) is 5.14 Å². The van der Waals surface area contributed by atoms with E-state index in [-0.39, 0.29) is 10.8 Å². The second kappa shape index (κ2) is 6.87. The molecular weight excluding hydrogens is 368 g/mol. The summed E-state index contributed by atoms with van der Waals surface area (Å²) in [5.41, 5.74) is 1.22. The molecule has 0 aliphatic rings. The van der Waals surface area contributed by atoms with Gasteiger partial charge in [-0.2, -0.15) is 0 Å². The fourth-order valence-corrected chi connectivity index (χ4v) is 2.69. The van der Waals surface area contributed by atoms with Crippen molar-refractivity contribution in [3.05, 3.63) is 64.6 Å². The molecule has 0 atom stereocenters. The van der Waals surface area contributed by atoms with E-state index in [0.29, 0.717) is 5.69 Å². The quantitative estimate of drug-likeness (QED) is 0.799. The van der Waals surface area contributed by atoms with Gasteiger partial charge in [0.2, 0.25) is 15.9 Å². The Balaban J connectivity index is 2.09. The van der Waals surface area contributed by atoms with Crippen LogP contribution in [0.1, 0.15) is 5.56 Å². The molecule has 22 heavy (non-hydrogen) atoms. The molecule has 1 amide bonds. The van der Waals surface area contributed by atoms with Crippen LogP contribution in [0.5, 0.6) is 0 Å². The number of carbonyl (C=O) groups is 1. The van der Waals surface area contributed by atoms with Gasteiger partial charge in [0.05, 0.1) is 4.90 Å². The first-order valence-electron chi connectivity index (χ1n) is 6.22. The highest BCUT2D eigenvalue weighted by molar-refractivity contribution is 9.10. The van der Waals surface area contributed by atoms with Crippen molar-refractivity contribution < 1.29 is 13.2 Å². The highest BCUT2D eigenvalue weighted by Gasteiger charge is 2.08. The summed E-state index contributed by atoms with van der Waals surface area (Å²) in [6, 6.07) is 13.2. The molecule has 2 rings (SSSR count). The molecule has 0 saturated carbocycles. The molecule has 0 bridgehead atoms. The van der Waals surface area contributed by atoms with Gasteiger partial charge in [-0.05, 0) is 42.0 Å². The first-order chi connectivity index (χ1) is 10.3. The maximum atomic E-state index is 11.8. The monoisotopic (exact) mass is 380 g/mol. The van der Waals surface area contributed by atoms with Crippen molar-refractivity contribution in [3.63, 3.8) is 0 Å². The Hall–Kier alpha value is -1.96. The van der Waals surface area contributed by atoms with Crippen LogP contribution in [0.25, 0.3) is 6.08 Å². The molecular formula is C15H13BrN2O3S. The van der Waals surface area contributed by atoms with E-state index in [1.54, 1.807) is 12.1 Å². The third-order valence-corrected chi connectivity index (χ3v) is 4.11. The van der Waals surface area contributed by atoms with Gasteiger partial charge in [-0.3, -0.25) is 4.79 Å². The van der Waals surface area contributed by atoms with Crippen molar-refractivity contribution in [1.29, 1.82) is 0 Å². The zero-order chi connectivity index (χ0) is 16.2. The number of sulfonamides is 1. The molecule has 2 aromatic carbocycles. The van der Waals surface area contributed by atoms with Crippen molar-refractivity contribution >= 4 is 43.6 Å². The number of amides is 1. The molecule has 114 valence electrons. The highest BCUT2D eigenvalue weighted by Crippen LogP contribution is 2.15. The van der Waals surface area contributed by atoms with Crippen LogP contribution in [0.4, 0.5) is 5.69 Å². The summed E-state index contributed by atoms with van der Waals surface area (Å²) in [6.45, 7) is 0. The van der Waals surface area contributed by atoms with Gasteiger partial charge in [0.15, 0.2) is 0 Å². The zero-order valence-corrected chi connectivity index (χ0v) is 13.8. The number of anilines is 1. The molecule has 3 N–H and O–H groups in total. The van der Waals surface area contributed by atoms with E-state index in [1.165, 1.54) is 24.3 Å². The summed E-state index contributed by atoms with van der Waals surface area (Å²) < 4.78 is 23.4. The second-order valence-corrected chi connectivity index (χ2v) is 6.93. The number of rotatable bonds is 4. The SMILES string of the molecule is NS(=O)(=O)c1cccc(NC(=O)/C=C/c2cccc(Br)c2)c1. The van der Waals surface area contributed by atoms with Crippen molar-refractivity contribution in [3.8, 4) is 0 Å². The lowest BCUT2D eigenvalue weighted by atomic mass is 10.2. The average molecular weight is 381 g/mol. The number of benzene rings is 2. The standard InChI is InChI=1S/C15H13BrN2O3S/c16-12-4-1-3-11(9-12)7-8-15(19)18-13-5-2-6-14(10-13)22(17,20)21/h1-10H,(H,18,19)(H2,17,20,21)/b8-7+. The van der Waals surface area contributed by atoms with Crippen molar-refractivity contribution in [2.45, 2.75) is 4.90 Å². The van der Waals surface area contributed by atoms with E-state index in [1.807, 2.05) is 24.3 Å². The van der Waals surface area contributed by atoms with Crippen LogP contribution >= 0.6 is 15.9 Å². The predicted molar refractivity (Wildman–Crippen MR) is 89.6 cm³/mol. The molecule has 2 aromatic rings. The zero-order valence-electron chi connectivity index (χ0n) is 11.4. The molecule has 0 fully saturated rings. The van der Waals surface area contributed by atoms with Crippen LogP contribution in [0.2, 0.25) is 0 Å². The molecule has 5 nitrogen and oxygen atoms in total. The van der Waals surface area contributed by atoms with Gasteiger partial charge in [-0.25, -0.2) is 13.6 Å². The summed E-state index contributed by atoms with van der Waals surface area (Å²) in [5, 5.41) is 7.63. The Morgan fingerprint density at radius 3 is 2.55 bits per heavy atom. The Kier molecular flexibility index (Phi) is 5.12. The van der Waals surface area contributed by atoms with Gasteiger partial charge >= 0.3 is 0 Å². The first kappa shape index (κ1) is 16.4. The number of nitrogens with one attached hydrogen (secondary N) is 1. The molecule has 0 spiro atoms. The molecule has 7 heteroatoms. The van der Waals surface area contributed by atoms with Crippen LogP contribution in [-0.2, 0) is 14.8 Å². The maximum Gasteiger partial charge on any atom is 0.248 e. The Bertz CT molecular complexity index is 832. The fourth-order valence-electron chi connectivity index (χ4n) is 1.72. The molecule has 0 aliphatic heterocycles. The topological polar surface area (TPSA) is 89.3 Å². The van der Waals surface area contributed by atoms with E-state index in [9.17, 15) is 13.2 Å². The first-order valence-corrected chi connectivity index (χ1v) is 8.56. The third-order valence-electron chi connectivity index (χ3n) is 2.71. The van der Waals surface area contributed by atoms with Gasteiger partial charge in [0.1, 0.15) is 0 Å². The van der Waals surface area contributed by atoms with Crippen LogP contribution < -0.4 is 10.5 Å². The van der Waals surface area contributed by atoms with Crippen LogP contribution in [0.3, 0.4) is 0 Å². The number of hydrogen-bond donors (Lipinski definition) is 2. The Labute approximate surface area is 137 Å². The number of hydrogen-bond acceptors (Lipinski definition) is 3. The number of nitrogens with two attached hydrogens (primary N) is 1. The van der Waals surface area contributed by atoms with Gasteiger partial charge in [-0.15, -0.1) is 0 Å². The summed E-state index contributed by atoms with van der Waals surface area (Å²) in [6.07, 6.45) is 3.02. The minimum atomic E-state index is -3.80. The predicted octanol–water partition coefficient (Wildman–Crippen LogP) is 2.75. The summed E-state index contributed by atoms with van der Waals surface area (Å²) in [4.78, 5) is 11.8. The molecule has 0 aromatic heterocycles. The summed E-state index contributed by atoms with van der Waals surface area (Å²) in [5.74, 6) is -0.369. The largest absolute Gasteiger partial charge is 0.322 e. The van der Waals surface area contributed by atoms with Crippen molar-refractivity contribution in [2.75, 3.05) is 5.32 Å². The highest BCUT2D eigenvalue weighted by atomic mass is 79.9. The number of carbonyl (C=O) groups excluding carboxylic acids is 1. The van der Waals surface area contributed by atoms with Crippen LogP contribution in [-0.4, -0.2) is 14.3 Å². The lowest BCUT2D eigenvalue weighted by molar-refractivity contribution is -0.111. The molecule has 0 unspecified atom stereocenters. The number of primary sulfonamides is 1. The number of halogens is 1. The molecule has 0 radical (unpaired) electrons. The normalized spacial score (nSPS) is 11.5. The minimum Gasteiger partial charge on any atom is -0.322 e. The van der Waals surface area contributed by atoms with E-state index < -0.39 is 10.0 Å². The van der Waals surface area contributed by atoms with Gasteiger partial charge in [0, 0.05) is 16.2 Å². The molecule has 0 heterocycles. The van der Waals surface area contributed by atoms with Gasteiger partial charge in [-0.1, -0.05) is 34.1 Å². The van der Waals surface area contributed by atoms with Gasteiger partial charge < -0.3 is 5.32 Å². The Morgan fingerprint density at radius 1 is 1.14 bits per heavy atom. The smallest absolute Gasteiger partial charge is 0.248 e. The van der Waals surface area contributed by atoms with Crippen LogP contribution in [0, 0.1) is 0 Å². The van der Waals surface area contributed by atoms with E-state index in [0.717, 1.165) is 10.0 Å². The van der Waals surface area contributed by atoms with Crippen LogP contribution in [0.15, 0.2) is 64.0 Å². The third kappa shape index (κ3) is 4.80. The summed E-state index contributed by atoms with van der Waals surface area (Å²) in [7, 11) is -3.80. The minimum absolute atomic E-state index is 0.0544. The summed E-state index contributed by atoms with van der Waals surface area (Å²) >= 11 is 3.35. The average Bonchev–Trinajstić information content (AvgIpc) is 2.45. The second-order valence-electron chi connectivity index (χ2n) is 4.45. The Morgan fingerprint density at radius 2 is 1.86 bits per heavy atom. The van der Waals surface area contributed by atoms with Gasteiger partial charge in [0.25, 0.3) is 0 Å². The lowest BCUT2D eigenvalue weighted by Gasteiger charge is -2.04. The maximum absolute atomic E-state index is 11.8. The molecule has 0 aliphatic carbocycles. The molecule has 0 saturated heterocycles.